The highest BCUT2D eigenvalue weighted by Crippen LogP contribution is 2.24. The Labute approximate surface area is 137 Å². The second kappa shape index (κ2) is 7.79. The van der Waals surface area contributed by atoms with Crippen LogP contribution in [0.4, 0.5) is 0 Å². The summed E-state index contributed by atoms with van der Waals surface area (Å²) in [7, 11) is 1.54. The van der Waals surface area contributed by atoms with Crippen molar-refractivity contribution >= 4 is 28.0 Å². The van der Waals surface area contributed by atoms with Crippen LogP contribution in [0, 0.1) is 0 Å². The summed E-state index contributed by atoms with van der Waals surface area (Å²) in [5.74, 6) is -0.453. The van der Waals surface area contributed by atoms with Crippen molar-refractivity contribution in [3.8, 4) is 0 Å². The number of hydrogen-bond acceptors (Lipinski definition) is 4. The largest absolute Gasteiger partial charge is 0.504 e. The van der Waals surface area contributed by atoms with E-state index in [1.54, 1.807) is 24.8 Å². The van der Waals surface area contributed by atoms with Gasteiger partial charge in [-0.15, -0.1) is 0 Å². The molecule has 0 aliphatic carbocycles. The molecule has 0 bridgehead atoms. The molecule has 1 aromatic heterocycles. The van der Waals surface area contributed by atoms with Gasteiger partial charge in [0.05, 0.1) is 26.5 Å². The van der Waals surface area contributed by atoms with E-state index in [1.165, 1.54) is 6.26 Å². The third-order valence-electron chi connectivity index (χ3n) is 2.94. The second-order valence-corrected chi connectivity index (χ2v) is 5.21. The number of benzene rings is 1. The van der Waals surface area contributed by atoms with E-state index in [4.69, 9.17) is 9.47 Å². The van der Waals surface area contributed by atoms with Crippen molar-refractivity contribution in [1.82, 2.24) is 9.78 Å². The van der Waals surface area contributed by atoms with Crippen LogP contribution in [0.15, 0.2) is 41.2 Å². The fourth-order valence-corrected chi connectivity index (χ4v) is 2.47. The number of rotatable bonds is 6. The number of carbonyl (C=O) groups is 1. The Hall–Kier alpha value is -2.08. The predicted molar refractivity (Wildman–Crippen MR) is 87.5 cm³/mol. The van der Waals surface area contributed by atoms with E-state index >= 15 is 0 Å². The lowest BCUT2D eigenvalue weighted by atomic mass is 10.2. The maximum Gasteiger partial charge on any atom is 0.359 e. The highest BCUT2D eigenvalue weighted by Gasteiger charge is 2.21. The molecule has 0 radical (unpaired) electrons. The standard InChI is InChI=1S/C16H17BrN2O3/c1-3-22-16(20)14-13(9-10-21-2)15(17)19(18-14)11-12-7-5-4-6-8-12/h4-10H,3,11H2,1-2H3/b10-9+. The van der Waals surface area contributed by atoms with E-state index in [9.17, 15) is 4.79 Å². The van der Waals surface area contributed by atoms with Gasteiger partial charge in [-0.05, 0) is 34.5 Å². The summed E-state index contributed by atoms with van der Waals surface area (Å²) in [6.07, 6.45) is 3.18. The molecule has 2 rings (SSSR count). The molecule has 0 unspecified atom stereocenters. The highest BCUT2D eigenvalue weighted by molar-refractivity contribution is 9.10. The minimum Gasteiger partial charge on any atom is -0.504 e. The van der Waals surface area contributed by atoms with E-state index in [2.05, 4.69) is 21.0 Å². The van der Waals surface area contributed by atoms with Crippen molar-refractivity contribution in [3.05, 3.63) is 58.0 Å². The monoisotopic (exact) mass is 364 g/mol. The van der Waals surface area contributed by atoms with Crippen molar-refractivity contribution < 1.29 is 14.3 Å². The number of methoxy groups -OCH3 is 1. The van der Waals surface area contributed by atoms with Gasteiger partial charge in [-0.1, -0.05) is 30.3 Å². The van der Waals surface area contributed by atoms with Gasteiger partial charge in [0.1, 0.15) is 4.60 Å². The summed E-state index contributed by atoms with van der Waals surface area (Å²) in [6, 6.07) is 9.89. The minimum absolute atomic E-state index is 0.262. The molecular weight excluding hydrogens is 348 g/mol. The van der Waals surface area contributed by atoms with E-state index in [0.717, 1.165) is 5.56 Å². The Bertz CT molecular complexity index is 666. The molecule has 1 heterocycles. The van der Waals surface area contributed by atoms with Crippen LogP contribution in [-0.2, 0) is 16.0 Å². The number of ether oxygens (including phenoxy) is 2. The molecule has 0 N–H and O–H groups in total. The van der Waals surface area contributed by atoms with Crippen molar-refractivity contribution in [2.24, 2.45) is 0 Å². The van der Waals surface area contributed by atoms with Crippen molar-refractivity contribution in [3.63, 3.8) is 0 Å². The SMILES string of the molecule is CCOC(=O)c1nn(Cc2ccccc2)c(Br)c1/C=C/OC. The zero-order valence-corrected chi connectivity index (χ0v) is 14.0. The molecule has 22 heavy (non-hydrogen) atoms. The van der Waals surface area contributed by atoms with E-state index in [0.29, 0.717) is 23.3 Å². The number of aromatic nitrogens is 2. The summed E-state index contributed by atoms with van der Waals surface area (Å²) in [6.45, 7) is 2.61. The van der Waals surface area contributed by atoms with Crippen molar-refractivity contribution in [1.29, 1.82) is 0 Å². The molecule has 6 heteroatoms. The van der Waals surface area contributed by atoms with Gasteiger partial charge in [0.15, 0.2) is 5.69 Å². The highest BCUT2D eigenvalue weighted by atomic mass is 79.9. The van der Waals surface area contributed by atoms with Crippen LogP contribution in [0.25, 0.3) is 6.08 Å². The maximum atomic E-state index is 12.1. The first-order valence-electron chi connectivity index (χ1n) is 6.84. The van der Waals surface area contributed by atoms with E-state index < -0.39 is 5.97 Å². The number of esters is 1. The minimum atomic E-state index is -0.453. The Kier molecular flexibility index (Phi) is 5.77. The van der Waals surface area contributed by atoms with Crippen LogP contribution in [-0.4, -0.2) is 29.5 Å². The van der Waals surface area contributed by atoms with Crippen LogP contribution in [0.5, 0.6) is 0 Å². The normalized spacial score (nSPS) is 10.9. The smallest absolute Gasteiger partial charge is 0.359 e. The van der Waals surface area contributed by atoms with Gasteiger partial charge in [0, 0.05) is 5.56 Å². The van der Waals surface area contributed by atoms with Gasteiger partial charge in [-0.3, -0.25) is 4.68 Å². The molecule has 0 aliphatic heterocycles. The van der Waals surface area contributed by atoms with Crippen molar-refractivity contribution in [2.75, 3.05) is 13.7 Å². The van der Waals surface area contributed by atoms with Crippen LogP contribution < -0.4 is 0 Å². The predicted octanol–water partition coefficient (Wildman–Crippen LogP) is 3.49. The zero-order valence-electron chi connectivity index (χ0n) is 12.5. The molecule has 0 fully saturated rings. The maximum absolute atomic E-state index is 12.1. The van der Waals surface area contributed by atoms with Gasteiger partial charge in [0.2, 0.25) is 0 Å². The summed E-state index contributed by atoms with van der Waals surface area (Å²) in [5, 5.41) is 4.36. The average molecular weight is 365 g/mol. The Morgan fingerprint density at radius 1 is 1.36 bits per heavy atom. The second-order valence-electron chi connectivity index (χ2n) is 4.46. The summed E-state index contributed by atoms with van der Waals surface area (Å²) in [5.41, 5.74) is 1.98. The molecule has 0 spiro atoms. The van der Waals surface area contributed by atoms with E-state index in [-0.39, 0.29) is 5.69 Å². The van der Waals surface area contributed by atoms with Gasteiger partial charge >= 0.3 is 5.97 Å². The number of nitrogens with zero attached hydrogens (tertiary/aromatic N) is 2. The topological polar surface area (TPSA) is 53.3 Å². The third kappa shape index (κ3) is 3.76. The number of halogens is 1. The third-order valence-corrected chi connectivity index (χ3v) is 3.78. The summed E-state index contributed by atoms with van der Waals surface area (Å²) < 4.78 is 12.4. The van der Waals surface area contributed by atoms with Crippen LogP contribution >= 0.6 is 15.9 Å². The van der Waals surface area contributed by atoms with Crippen LogP contribution in [0.2, 0.25) is 0 Å². The Balaban J connectivity index is 2.38. The first-order chi connectivity index (χ1) is 10.7. The molecule has 1 aromatic carbocycles. The van der Waals surface area contributed by atoms with Crippen LogP contribution in [0.1, 0.15) is 28.5 Å². The molecule has 0 aliphatic rings. The Morgan fingerprint density at radius 2 is 2.09 bits per heavy atom. The molecule has 0 atom stereocenters. The van der Waals surface area contributed by atoms with Crippen LogP contribution in [0.3, 0.4) is 0 Å². The zero-order chi connectivity index (χ0) is 15.9. The lowest BCUT2D eigenvalue weighted by molar-refractivity contribution is 0.0518. The lowest BCUT2D eigenvalue weighted by Crippen LogP contribution is -2.08. The molecule has 5 nitrogen and oxygen atoms in total. The van der Waals surface area contributed by atoms with Gasteiger partial charge in [-0.25, -0.2) is 4.79 Å². The summed E-state index contributed by atoms with van der Waals surface area (Å²) in [4.78, 5) is 12.1. The molecule has 0 amide bonds. The molecule has 116 valence electrons. The molecular formula is C16H17BrN2O3. The van der Waals surface area contributed by atoms with Gasteiger partial charge in [-0.2, -0.15) is 5.10 Å². The molecule has 0 saturated heterocycles. The van der Waals surface area contributed by atoms with Gasteiger partial charge < -0.3 is 9.47 Å². The quantitative estimate of drug-likeness (QED) is 0.581. The number of hydrogen-bond donors (Lipinski definition) is 0. The average Bonchev–Trinajstić information content (AvgIpc) is 2.83. The molecule has 2 aromatic rings. The fourth-order valence-electron chi connectivity index (χ4n) is 1.95. The first kappa shape index (κ1) is 16.3. The lowest BCUT2D eigenvalue weighted by Gasteiger charge is -2.03. The first-order valence-corrected chi connectivity index (χ1v) is 7.63. The summed E-state index contributed by atoms with van der Waals surface area (Å²) >= 11 is 3.50. The fraction of sp³-hybridized carbons (Fsp3) is 0.250. The van der Waals surface area contributed by atoms with Crippen molar-refractivity contribution in [2.45, 2.75) is 13.5 Å². The Morgan fingerprint density at radius 3 is 2.73 bits per heavy atom. The van der Waals surface area contributed by atoms with Gasteiger partial charge in [0.25, 0.3) is 0 Å². The number of carbonyl (C=O) groups excluding carboxylic acids is 1. The molecule has 0 saturated carbocycles. The van der Waals surface area contributed by atoms with E-state index in [1.807, 2.05) is 30.3 Å².